The monoisotopic (exact) mass is 540 g/mol. The number of allylic oxidation sites excluding steroid dienone is 8. The standard InChI is InChI=1S/C36H32N2OS/c1-2-10-26(11-3-1)38(28-18-20-32-31-14-5-7-16-35(31)40-36(32)23-28)27-12-8-9-24(21-27)37-25-17-19-30-29-13-4-6-15-33(29)39-34(30)22-25/h2,4-7,9-11,13-21,28,34,37H,1,3,8,12,22-23H2. The molecule has 4 heteroatoms. The third-order valence-corrected chi connectivity index (χ3v) is 9.77. The lowest BCUT2D eigenvalue weighted by atomic mass is 9.94. The topological polar surface area (TPSA) is 24.5 Å². The first-order chi connectivity index (χ1) is 19.8. The minimum atomic E-state index is 0.0921. The van der Waals surface area contributed by atoms with Gasteiger partial charge in [0.05, 0.1) is 6.04 Å². The van der Waals surface area contributed by atoms with E-state index in [0.717, 1.165) is 44.3 Å². The largest absolute Gasteiger partial charge is 0.485 e. The number of hydrogen-bond acceptors (Lipinski definition) is 4. The Kier molecular flexibility index (Phi) is 5.88. The molecule has 2 aromatic carbocycles. The Balaban J connectivity index is 1.07. The predicted molar refractivity (Wildman–Crippen MR) is 167 cm³/mol. The maximum Gasteiger partial charge on any atom is 0.130 e. The average Bonchev–Trinajstić information content (AvgIpc) is 3.55. The quantitative estimate of drug-likeness (QED) is 0.350. The van der Waals surface area contributed by atoms with Gasteiger partial charge in [-0.15, -0.1) is 11.3 Å². The summed E-state index contributed by atoms with van der Waals surface area (Å²) in [5, 5.41) is 5.15. The van der Waals surface area contributed by atoms with Crippen molar-refractivity contribution in [2.45, 2.75) is 50.7 Å². The van der Waals surface area contributed by atoms with Crippen molar-refractivity contribution in [3.8, 4) is 5.75 Å². The molecule has 4 aliphatic carbocycles. The van der Waals surface area contributed by atoms with Crippen molar-refractivity contribution in [3.63, 3.8) is 0 Å². The molecule has 2 atom stereocenters. The molecule has 0 saturated carbocycles. The predicted octanol–water partition coefficient (Wildman–Crippen LogP) is 8.66. The van der Waals surface area contributed by atoms with Crippen LogP contribution < -0.4 is 10.1 Å². The van der Waals surface area contributed by atoms with Crippen molar-refractivity contribution < 1.29 is 4.74 Å². The number of ether oxygens (including phenoxy) is 1. The number of fused-ring (bicyclic) bond motifs is 6. The Morgan fingerprint density at radius 1 is 0.900 bits per heavy atom. The van der Waals surface area contributed by atoms with Gasteiger partial charge >= 0.3 is 0 Å². The molecular formula is C36H32N2OS. The van der Waals surface area contributed by atoms with Gasteiger partial charge in [-0.2, -0.15) is 0 Å². The highest BCUT2D eigenvalue weighted by atomic mass is 32.1. The number of rotatable bonds is 5. The van der Waals surface area contributed by atoms with E-state index in [1.54, 1.807) is 0 Å². The number of nitrogens with zero attached hydrogens (tertiary/aromatic N) is 1. The zero-order valence-electron chi connectivity index (χ0n) is 22.5. The van der Waals surface area contributed by atoms with Crippen LogP contribution in [0.4, 0.5) is 0 Å². The molecule has 8 rings (SSSR count). The summed E-state index contributed by atoms with van der Waals surface area (Å²) in [6, 6.07) is 17.5. The maximum atomic E-state index is 6.28. The summed E-state index contributed by atoms with van der Waals surface area (Å²) >= 11 is 1.96. The second-order valence-electron chi connectivity index (χ2n) is 11.1. The van der Waals surface area contributed by atoms with E-state index in [9.17, 15) is 0 Å². The molecule has 3 nitrogen and oxygen atoms in total. The third-order valence-electron chi connectivity index (χ3n) is 8.56. The first kappa shape index (κ1) is 23.8. The fourth-order valence-electron chi connectivity index (χ4n) is 6.69. The van der Waals surface area contributed by atoms with Gasteiger partial charge in [0.1, 0.15) is 11.9 Å². The SMILES string of the molecule is C1=CC(N(C2=CC(NC3=CC=C4c5ccccc5OC4C3)=CCC2)C2C=Cc3c(sc4ccccc34)C2)=CCC1. The highest BCUT2D eigenvalue weighted by Crippen LogP contribution is 2.42. The Labute approximate surface area is 239 Å². The molecule has 0 bridgehead atoms. The van der Waals surface area contributed by atoms with Crippen LogP contribution in [0.2, 0.25) is 0 Å². The molecule has 40 heavy (non-hydrogen) atoms. The van der Waals surface area contributed by atoms with Crippen molar-refractivity contribution >= 4 is 33.1 Å². The first-order valence-corrected chi connectivity index (χ1v) is 15.3. The third kappa shape index (κ3) is 4.18. The zero-order chi connectivity index (χ0) is 26.5. The summed E-state index contributed by atoms with van der Waals surface area (Å²) in [5.74, 6) is 0.999. The van der Waals surface area contributed by atoms with Crippen LogP contribution in [0, 0.1) is 0 Å². The van der Waals surface area contributed by atoms with Gasteiger partial charge in [0.2, 0.25) is 0 Å². The van der Waals surface area contributed by atoms with E-state index in [1.807, 2.05) is 17.4 Å². The number of nitrogens with one attached hydrogen (secondary N) is 1. The van der Waals surface area contributed by atoms with Crippen LogP contribution in [0.3, 0.4) is 0 Å². The van der Waals surface area contributed by atoms with E-state index >= 15 is 0 Å². The van der Waals surface area contributed by atoms with Crippen molar-refractivity contribution in [2.75, 3.05) is 0 Å². The lowest BCUT2D eigenvalue weighted by Crippen LogP contribution is -2.36. The van der Waals surface area contributed by atoms with Crippen LogP contribution in [0.5, 0.6) is 5.75 Å². The molecule has 5 aliphatic rings. The van der Waals surface area contributed by atoms with Crippen LogP contribution in [0.25, 0.3) is 21.7 Å². The van der Waals surface area contributed by atoms with Gasteiger partial charge in [0.25, 0.3) is 0 Å². The normalized spacial score (nSPS) is 22.6. The second-order valence-corrected chi connectivity index (χ2v) is 12.3. The van der Waals surface area contributed by atoms with Crippen LogP contribution in [0.15, 0.2) is 120 Å². The van der Waals surface area contributed by atoms with Gasteiger partial charge in [-0.25, -0.2) is 0 Å². The van der Waals surface area contributed by atoms with Gasteiger partial charge in [0.15, 0.2) is 0 Å². The maximum absolute atomic E-state index is 6.28. The molecule has 198 valence electrons. The van der Waals surface area contributed by atoms with Crippen LogP contribution in [-0.4, -0.2) is 17.0 Å². The minimum absolute atomic E-state index is 0.0921. The highest BCUT2D eigenvalue weighted by Gasteiger charge is 2.31. The van der Waals surface area contributed by atoms with Crippen LogP contribution >= 0.6 is 11.3 Å². The zero-order valence-corrected chi connectivity index (χ0v) is 23.3. The van der Waals surface area contributed by atoms with Crippen LogP contribution in [0.1, 0.15) is 48.1 Å². The number of benzene rings is 2. The van der Waals surface area contributed by atoms with Crippen molar-refractivity contribution in [1.82, 2.24) is 10.2 Å². The van der Waals surface area contributed by atoms with E-state index in [0.29, 0.717) is 6.04 Å². The molecule has 0 amide bonds. The highest BCUT2D eigenvalue weighted by molar-refractivity contribution is 7.19. The van der Waals surface area contributed by atoms with E-state index in [4.69, 9.17) is 4.74 Å². The Hall–Kier alpha value is -4.02. The molecule has 1 aromatic heterocycles. The molecule has 0 radical (unpaired) electrons. The fraction of sp³-hybridized carbons (Fsp3) is 0.222. The lowest BCUT2D eigenvalue weighted by molar-refractivity contribution is 0.273. The van der Waals surface area contributed by atoms with Crippen molar-refractivity contribution in [3.05, 3.63) is 136 Å². The molecule has 3 aromatic rings. The van der Waals surface area contributed by atoms with Gasteiger partial charge in [-0.1, -0.05) is 72.9 Å². The summed E-state index contributed by atoms with van der Waals surface area (Å²) < 4.78 is 7.67. The smallest absolute Gasteiger partial charge is 0.130 e. The van der Waals surface area contributed by atoms with E-state index < -0.39 is 0 Å². The Bertz CT molecular complexity index is 1730. The van der Waals surface area contributed by atoms with Crippen molar-refractivity contribution in [1.29, 1.82) is 0 Å². The molecule has 1 N–H and O–H groups in total. The Morgan fingerprint density at radius 3 is 2.77 bits per heavy atom. The molecule has 0 spiro atoms. The molecule has 0 fully saturated rings. The minimum Gasteiger partial charge on any atom is -0.485 e. The van der Waals surface area contributed by atoms with Crippen LogP contribution in [-0.2, 0) is 6.42 Å². The number of thiophene rings is 1. The number of hydrogen-bond donors (Lipinski definition) is 1. The number of para-hydroxylation sites is 1. The summed E-state index contributed by atoms with van der Waals surface area (Å²) in [7, 11) is 0. The molecule has 2 heterocycles. The van der Waals surface area contributed by atoms with E-state index in [2.05, 4.69) is 107 Å². The average molecular weight is 541 g/mol. The van der Waals surface area contributed by atoms with Gasteiger partial charge in [0, 0.05) is 56.3 Å². The van der Waals surface area contributed by atoms with Crippen molar-refractivity contribution in [2.24, 2.45) is 0 Å². The second kappa shape index (κ2) is 9.87. The lowest BCUT2D eigenvalue weighted by Gasteiger charge is -2.38. The molecule has 1 aliphatic heterocycles. The summed E-state index contributed by atoms with van der Waals surface area (Å²) in [4.78, 5) is 4.11. The Morgan fingerprint density at radius 2 is 1.82 bits per heavy atom. The fourth-order valence-corrected chi connectivity index (χ4v) is 7.93. The summed E-state index contributed by atoms with van der Waals surface area (Å²) in [6.07, 6.45) is 27.4. The summed E-state index contributed by atoms with van der Waals surface area (Å²) in [6.45, 7) is 0. The van der Waals surface area contributed by atoms with E-state index in [1.165, 1.54) is 54.5 Å². The first-order valence-electron chi connectivity index (χ1n) is 14.5. The van der Waals surface area contributed by atoms with E-state index in [-0.39, 0.29) is 6.10 Å². The molecule has 2 unspecified atom stereocenters. The summed E-state index contributed by atoms with van der Waals surface area (Å²) in [5.41, 5.74) is 9.06. The van der Waals surface area contributed by atoms with Gasteiger partial charge in [-0.05, 0) is 67.0 Å². The molecule has 0 saturated heterocycles. The van der Waals surface area contributed by atoms with Gasteiger partial charge < -0.3 is 15.0 Å². The molecular weight excluding hydrogens is 508 g/mol. The van der Waals surface area contributed by atoms with Gasteiger partial charge in [-0.3, -0.25) is 0 Å².